The molecule has 2 amide bonds. The van der Waals surface area contributed by atoms with Crippen LogP contribution in [0.2, 0.25) is 0 Å². The van der Waals surface area contributed by atoms with E-state index in [0.29, 0.717) is 17.8 Å². The molecule has 1 fully saturated rings. The molecule has 0 bridgehead atoms. The third-order valence-electron chi connectivity index (χ3n) is 5.30. The van der Waals surface area contributed by atoms with E-state index in [1.54, 1.807) is 6.07 Å². The Kier molecular flexibility index (Phi) is 6.45. The van der Waals surface area contributed by atoms with Crippen molar-refractivity contribution in [3.63, 3.8) is 0 Å². The Hall–Kier alpha value is -4.00. The molecular formula is C21H22FN5O7. The molecule has 1 aromatic heterocycles. The number of cyclic esters (lactones) is 1. The number of rotatable bonds is 8. The van der Waals surface area contributed by atoms with Gasteiger partial charge in [-0.25, -0.2) is 9.18 Å². The predicted octanol–water partition coefficient (Wildman–Crippen LogP) is 1.88. The van der Waals surface area contributed by atoms with E-state index in [1.807, 2.05) is 0 Å². The highest BCUT2D eigenvalue weighted by atomic mass is 19.1. The first-order valence-corrected chi connectivity index (χ1v) is 10.4. The van der Waals surface area contributed by atoms with Crippen molar-refractivity contribution in [1.82, 2.24) is 14.9 Å². The van der Waals surface area contributed by atoms with Crippen molar-refractivity contribution in [3.05, 3.63) is 52.5 Å². The number of amides is 2. The highest BCUT2D eigenvalue weighted by Gasteiger charge is 2.33. The van der Waals surface area contributed by atoms with Crippen LogP contribution in [0.4, 0.5) is 20.7 Å². The standard InChI is InChI=1S/C21H22FN5O7/c1-12(10-32-16-7-25-9-19(27(30)31)24-20(25)33-11-16)17-4-3-14(5-18(17)22)26-8-15(34-21(26)29)6-23-13(2)28/h3-5,9,15-16H,1,6-8,10-11H2,2H3,(H,23,28)/t15-,16-/m0/s1. The van der Waals surface area contributed by atoms with Crippen molar-refractivity contribution < 1.29 is 33.1 Å². The summed E-state index contributed by atoms with van der Waals surface area (Å²) in [6.07, 6.45) is -0.318. The minimum atomic E-state index is -0.624. The van der Waals surface area contributed by atoms with Gasteiger partial charge in [0.25, 0.3) is 0 Å². The van der Waals surface area contributed by atoms with Gasteiger partial charge in [0.1, 0.15) is 30.8 Å². The zero-order chi connectivity index (χ0) is 24.4. The summed E-state index contributed by atoms with van der Waals surface area (Å²) < 4.78 is 32.7. The van der Waals surface area contributed by atoms with E-state index in [-0.39, 0.29) is 49.6 Å². The molecule has 0 unspecified atom stereocenters. The van der Waals surface area contributed by atoms with Crippen LogP contribution < -0.4 is 15.0 Å². The Labute approximate surface area is 193 Å². The number of hydrogen-bond acceptors (Lipinski definition) is 8. The van der Waals surface area contributed by atoms with Gasteiger partial charge in [0.05, 0.1) is 31.9 Å². The number of imidazole rings is 1. The van der Waals surface area contributed by atoms with Gasteiger partial charge in [0, 0.05) is 17.5 Å². The molecule has 180 valence electrons. The Balaban J connectivity index is 1.34. The topological polar surface area (TPSA) is 138 Å². The molecule has 2 atom stereocenters. The van der Waals surface area contributed by atoms with Crippen LogP contribution >= 0.6 is 0 Å². The lowest BCUT2D eigenvalue weighted by Gasteiger charge is -2.23. The van der Waals surface area contributed by atoms with Gasteiger partial charge in [-0.15, -0.1) is 0 Å². The van der Waals surface area contributed by atoms with Crippen molar-refractivity contribution in [2.75, 3.05) is 31.2 Å². The van der Waals surface area contributed by atoms with Gasteiger partial charge in [0.15, 0.2) is 0 Å². The SMILES string of the molecule is C=C(CO[C@@H]1COc2nc([N+](=O)[O-])cn2C1)c1ccc(N2C[C@H](CNC(C)=O)OC2=O)cc1F. The van der Waals surface area contributed by atoms with Crippen molar-refractivity contribution in [3.8, 4) is 6.01 Å². The van der Waals surface area contributed by atoms with Gasteiger partial charge in [-0.05, 0) is 28.7 Å². The maximum atomic E-state index is 14.8. The van der Waals surface area contributed by atoms with Crippen LogP contribution in [-0.2, 0) is 20.8 Å². The molecule has 0 saturated carbocycles. The fraction of sp³-hybridized carbons (Fsp3) is 0.381. The van der Waals surface area contributed by atoms with Gasteiger partial charge >= 0.3 is 17.9 Å². The maximum Gasteiger partial charge on any atom is 0.414 e. The molecule has 0 aliphatic carbocycles. The monoisotopic (exact) mass is 475 g/mol. The van der Waals surface area contributed by atoms with Crippen molar-refractivity contribution in [1.29, 1.82) is 0 Å². The lowest BCUT2D eigenvalue weighted by atomic mass is 10.1. The van der Waals surface area contributed by atoms with E-state index in [1.165, 1.54) is 34.7 Å². The molecule has 0 radical (unpaired) electrons. The lowest BCUT2D eigenvalue weighted by molar-refractivity contribution is -0.389. The predicted molar refractivity (Wildman–Crippen MR) is 116 cm³/mol. The minimum Gasteiger partial charge on any atom is -0.443 e. The first-order valence-electron chi connectivity index (χ1n) is 10.4. The molecule has 3 heterocycles. The fourth-order valence-corrected chi connectivity index (χ4v) is 3.61. The van der Waals surface area contributed by atoms with Crippen LogP contribution in [0.25, 0.3) is 5.57 Å². The summed E-state index contributed by atoms with van der Waals surface area (Å²) in [5, 5.41) is 13.4. The third kappa shape index (κ3) is 4.98. The number of carbonyl (C=O) groups excluding carboxylic acids is 2. The van der Waals surface area contributed by atoms with E-state index in [2.05, 4.69) is 16.9 Å². The zero-order valence-electron chi connectivity index (χ0n) is 18.2. The summed E-state index contributed by atoms with van der Waals surface area (Å²) in [5.41, 5.74) is 0.918. The summed E-state index contributed by atoms with van der Waals surface area (Å²) in [7, 11) is 0. The zero-order valence-corrected chi connectivity index (χ0v) is 18.2. The third-order valence-corrected chi connectivity index (χ3v) is 5.30. The molecule has 2 aliphatic heterocycles. The normalized spacial score (nSPS) is 19.2. The summed E-state index contributed by atoms with van der Waals surface area (Å²) in [5.74, 6) is -1.14. The largest absolute Gasteiger partial charge is 0.443 e. The number of fused-ring (bicyclic) bond motifs is 1. The van der Waals surface area contributed by atoms with Crippen LogP contribution in [0.3, 0.4) is 0 Å². The molecule has 1 aromatic carbocycles. The average molecular weight is 475 g/mol. The molecule has 2 aliphatic rings. The molecule has 2 aromatic rings. The molecule has 4 rings (SSSR count). The second kappa shape index (κ2) is 9.47. The van der Waals surface area contributed by atoms with Crippen LogP contribution in [0.1, 0.15) is 12.5 Å². The average Bonchev–Trinajstić information content (AvgIpc) is 3.39. The lowest BCUT2D eigenvalue weighted by Crippen LogP contribution is -2.33. The number of nitrogens with zero attached hydrogens (tertiary/aromatic N) is 4. The number of ether oxygens (including phenoxy) is 3. The van der Waals surface area contributed by atoms with Gasteiger partial charge in [-0.2, -0.15) is 0 Å². The van der Waals surface area contributed by atoms with Crippen LogP contribution in [0, 0.1) is 15.9 Å². The van der Waals surface area contributed by atoms with E-state index < -0.39 is 29.0 Å². The van der Waals surface area contributed by atoms with Gasteiger partial charge in [0.2, 0.25) is 5.91 Å². The first kappa shape index (κ1) is 23.2. The van der Waals surface area contributed by atoms with Gasteiger partial charge in [-0.1, -0.05) is 6.58 Å². The number of anilines is 1. The molecule has 1 N–H and O–H groups in total. The highest BCUT2D eigenvalue weighted by molar-refractivity contribution is 5.90. The fourth-order valence-electron chi connectivity index (χ4n) is 3.61. The first-order chi connectivity index (χ1) is 16.2. The van der Waals surface area contributed by atoms with E-state index in [4.69, 9.17) is 14.2 Å². The highest BCUT2D eigenvalue weighted by Crippen LogP contribution is 2.27. The molecule has 34 heavy (non-hydrogen) atoms. The quantitative estimate of drug-likeness (QED) is 0.451. The Bertz CT molecular complexity index is 1150. The second-order valence-electron chi connectivity index (χ2n) is 7.86. The van der Waals surface area contributed by atoms with Gasteiger partial charge in [-0.3, -0.25) is 14.3 Å². The van der Waals surface area contributed by atoms with E-state index in [0.717, 1.165) is 0 Å². The smallest absolute Gasteiger partial charge is 0.414 e. The van der Waals surface area contributed by atoms with Crippen LogP contribution in [0.15, 0.2) is 31.0 Å². The Morgan fingerprint density at radius 2 is 2.24 bits per heavy atom. The molecule has 13 heteroatoms. The molecule has 12 nitrogen and oxygen atoms in total. The molecule has 0 spiro atoms. The number of nitro groups is 1. The number of nitrogens with one attached hydrogen (secondary N) is 1. The van der Waals surface area contributed by atoms with Crippen molar-refractivity contribution in [2.45, 2.75) is 25.7 Å². The van der Waals surface area contributed by atoms with Crippen molar-refractivity contribution in [2.24, 2.45) is 0 Å². The number of benzene rings is 1. The van der Waals surface area contributed by atoms with Gasteiger partial charge < -0.3 is 29.6 Å². The summed E-state index contributed by atoms with van der Waals surface area (Å²) >= 11 is 0. The number of halogens is 1. The number of carbonyl (C=O) groups is 2. The molecular weight excluding hydrogens is 453 g/mol. The molecule has 1 saturated heterocycles. The van der Waals surface area contributed by atoms with Crippen LogP contribution in [-0.4, -0.2) is 65.0 Å². The van der Waals surface area contributed by atoms with Crippen LogP contribution in [0.5, 0.6) is 6.01 Å². The second-order valence-corrected chi connectivity index (χ2v) is 7.86. The summed E-state index contributed by atoms with van der Waals surface area (Å²) in [6.45, 7) is 6.02. The Morgan fingerprint density at radius 1 is 1.44 bits per heavy atom. The Morgan fingerprint density at radius 3 is 2.94 bits per heavy atom. The minimum absolute atomic E-state index is 0.000955. The van der Waals surface area contributed by atoms with E-state index >= 15 is 0 Å². The summed E-state index contributed by atoms with van der Waals surface area (Å²) in [6, 6.07) is 4.43. The summed E-state index contributed by atoms with van der Waals surface area (Å²) in [4.78, 5) is 38.5. The number of aromatic nitrogens is 2. The van der Waals surface area contributed by atoms with Crippen molar-refractivity contribution >= 4 is 29.1 Å². The van der Waals surface area contributed by atoms with E-state index in [9.17, 15) is 24.1 Å². The maximum absolute atomic E-state index is 14.8. The number of hydrogen-bond donors (Lipinski definition) is 1.